The van der Waals surface area contributed by atoms with Gasteiger partial charge in [0.1, 0.15) is 17.1 Å². The number of halogens is 3. The van der Waals surface area contributed by atoms with Gasteiger partial charge in [-0.15, -0.1) is 20.4 Å². The summed E-state index contributed by atoms with van der Waals surface area (Å²) in [5.41, 5.74) is 12.4. The first-order valence-electron chi connectivity index (χ1n) is 14.5. The second-order valence-electron chi connectivity index (χ2n) is 10.4. The number of carbonyl (C=O) groups is 2. The Balaban J connectivity index is 0.000000228. The Bertz CT molecular complexity index is 2150. The number of benzene rings is 2. The van der Waals surface area contributed by atoms with Crippen LogP contribution in [0.4, 0.5) is 17.1 Å². The molecule has 6 aromatic rings. The van der Waals surface area contributed by atoms with Crippen molar-refractivity contribution in [1.29, 1.82) is 0 Å². The SMILES string of the molecule is C.CC(=O)c1nnc(Cl)cc1Cl.COc1c(Nc2cc(Cl)nnc2C(C)=O)cccc1-c1cnn(C)n1.Cc1c(N)cccc1-c1cnn(C)n1. The quantitative estimate of drug-likeness (QED) is 0.127. The summed E-state index contributed by atoms with van der Waals surface area (Å²) in [6.07, 6.45) is 3.38. The van der Waals surface area contributed by atoms with Crippen molar-refractivity contribution in [2.24, 2.45) is 14.1 Å². The number of hydrogen-bond acceptors (Lipinski definition) is 13. The molecule has 3 N–H and O–H groups in total. The summed E-state index contributed by atoms with van der Waals surface area (Å²) < 4.78 is 5.55. The van der Waals surface area contributed by atoms with E-state index >= 15 is 0 Å². The molecule has 0 aliphatic heterocycles. The fourth-order valence-electron chi connectivity index (χ4n) is 4.38. The van der Waals surface area contributed by atoms with E-state index in [0.29, 0.717) is 22.8 Å². The van der Waals surface area contributed by atoms with Crippen LogP contribution in [-0.2, 0) is 14.1 Å². The standard InChI is InChI=1S/C16H15ClN6O2.C10H12N4.C6H4Cl2N2O.CH4/c1-9(24)15-12(7-14(17)20-21-15)19-11-6-4-5-10(16(11)25-3)13-8-18-23(2)22-13;1-7-8(4-3-5-9(7)11)10-6-12-14(2)13-10;1-3(11)6-4(7)2-5(8)9-10-6;/h4-8H,1-3H3,(H,19,20);3-6H,11H2,1-2H3;2H,1H3;1H4. The smallest absolute Gasteiger partial charge is 0.182 e. The normalized spacial score (nSPS) is 10.1. The van der Waals surface area contributed by atoms with Gasteiger partial charge in [-0.1, -0.05) is 60.4 Å². The first-order chi connectivity index (χ1) is 23.8. The van der Waals surface area contributed by atoms with Crippen LogP contribution in [0.3, 0.4) is 0 Å². The molecule has 0 saturated carbocycles. The maximum absolute atomic E-state index is 11.8. The zero-order valence-electron chi connectivity index (χ0n) is 27.7. The molecule has 4 heterocycles. The maximum Gasteiger partial charge on any atom is 0.182 e. The third-order valence-corrected chi connectivity index (χ3v) is 7.42. The number of para-hydroxylation sites is 1. The van der Waals surface area contributed by atoms with Gasteiger partial charge in [0, 0.05) is 50.8 Å². The molecule has 0 atom stereocenters. The molecule has 0 saturated heterocycles. The Hall–Kier alpha value is -5.51. The number of ether oxygens (including phenoxy) is 1. The van der Waals surface area contributed by atoms with Crippen molar-refractivity contribution < 1.29 is 14.3 Å². The lowest BCUT2D eigenvalue weighted by atomic mass is 10.1. The number of nitrogens with two attached hydrogens (primary N) is 1. The number of carbonyl (C=O) groups excluding carboxylic acids is 2. The number of aryl methyl sites for hydroxylation is 2. The third-order valence-electron chi connectivity index (χ3n) is 6.76. The Labute approximate surface area is 309 Å². The van der Waals surface area contributed by atoms with E-state index in [9.17, 15) is 9.59 Å². The average molecular weight is 754 g/mol. The van der Waals surface area contributed by atoms with Crippen LogP contribution in [0.2, 0.25) is 15.3 Å². The molecule has 0 aliphatic rings. The number of methoxy groups -OCH3 is 1. The zero-order chi connectivity index (χ0) is 36.5. The molecule has 15 nitrogen and oxygen atoms in total. The van der Waals surface area contributed by atoms with Crippen LogP contribution in [0, 0.1) is 6.92 Å². The molecule has 51 heavy (non-hydrogen) atoms. The van der Waals surface area contributed by atoms with Gasteiger partial charge in [-0.25, -0.2) is 0 Å². The van der Waals surface area contributed by atoms with Gasteiger partial charge in [-0.2, -0.15) is 30.0 Å². The summed E-state index contributed by atoms with van der Waals surface area (Å²) in [5, 5.41) is 34.9. The van der Waals surface area contributed by atoms with Crippen molar-refractivity contribution in [2.75, 3.05) is 18.2 Å². The lowest BCUT2D eigenvalue weighted by Gasteiger charge is -2.15. The van der Waals surface area contributed by atoms with Crippen molar-refractivity contribution in [1.82, 2.24) is 50.4 Å². The minimum atomic E-state index is -0.226. The molecule has 18 heteroatoms. The maximum atomic E-state index is 11.8. The van der Waals surface area contributed by atoms with Crippen LogP contribution in [-0.4, -0.2) is 69.1 Å². The monoisotopic (exact) mass is 752 g/mol. The van der Waals surface area contributed by atoms with E-state index in [1.54, 1.807) is 39.7 Å². The van der Waals surface area contributed by atoms with Gasteiger partial charge in [0.2, 0.25) is 0 Å². The summed E-state index contributed by atoms with van der Waals surface area (Å²) in [5.74, 6) is 0.111. The van der Waals surface area contributed by atoms with E-state index in [4.69, 9.17) is 45.3 Å². The Morgan fingerprint density at radius 3 is 1.82 bits per heavy atom. The largest absolute Gasteiger partial charge is 0.494 e. The highest BCUT2D eigenvalue weighted by Gasteiger charge is 2.17. The van der Waals surface area contributed by atoms with Gasteiger partial charge in [0.25, 0.3) is 0 Å². The summed E-state index contributed by atoms with van der Waals surface area (Å²) in [7, 11) is 5.09. The van der Waals surface area contributed by atoms with Crippen LogP contribution >= 0.6 is 34.8 Å². The molecule has 6 rings (SSSR count). The predicted octanol–water partition coefficient (Wildman–Crippen LogP) is 6.88. The number of hydrogen-bond donors (Lipinski definition) is 2. The molecule has 2 aromatic carbocycles. The molecular formula is C33H35Cl3N12O3. The Morgan fingerprint density at radius 2 is 1.29 bits per heavy atom. The highest BCUT2D eigenvalue weighted by molar-refractivity contribution is 6.35. The van der Waals surface area contributed by atoms with Crippen molar-refractivity contribution in [3.63, 3.8) is 0 Å². The number of rotatable bonds is 7. The van der Waals surface area contributed by atoms with Crippen molar-refractivity contribution in [3.05, 3.63) is 93.2 Å². The van der Waals surface area contributed by atoms with Crippen molar-refractivity contribution in [2.45, 2.75) is 28.2 Å². The van der Waals surface area contributed by atoms with Gasteiger partial charge in [-0.3, -0.25) is 9.59 Å². The summed E-state index contributed by atoms with van der Waals surface area (Å²) in [6.45, 7) is 4.76. The number of nitrogens with zero attached hydrogens (tertiary/aromatic N) is 10. The van der Waals surface area contributed by atoms with E-state index in [2.05, 4.69) is 46.1 Å². The van der Waals surface area contributed by atoms with E-state index in [1.807, 2.05) is 43.3 Å². The number of aromatic nitrogens is 10. The number of nitrogens with one attached hydrogen (secondary N) is 1. The molecule has 0 spiro atoms. The van der Waals surface area contributed by atoms with Crippen LogP contribution < -0.4 is 15.8 Å². The summed E-state index contributed by atoms with van der Waals surface area (Å²) in [6, 6.07) is 14.3. The van der Waals surface area contributed by atoms with Gasteiger partial charge < -0.3 is 15.8 Å². The number of Topliss-reactive ketones (excluding diaryl/α,β-unsaturated/α-hetero) is 2. The topological polar surface area (TPSA) is 194 Å². The van der Waals surface area contributed by atoms with Crippen LogP contribution in [0.5, 0.6) is 5.75 Å². The minimum absolute atomic E-state index is 0. The summed E-state index contributed by atoms with van der Waals surface area (Å²) >= 11 is 17.0. The van der Waals surface area contributed by atoms with E-state index in [1.165, 1.54) is 29.5 Å². The molecule has 0 bridgehead atoms. The van der Waals surface area contributed by atoms with Crippen molar-refractivity contribution >= 4 is 63.4 Å². The van der Waals surface area contributed by atoms with E-state index in [-0.39, 0.29) is 45.7 Å². The van der Waals surface area contributed by atoms with Crippen LogP contribution in [0.25, 0.3) is 22.5 Å². The van der Waals surface area contributed by atoms with E-state index < -0.39 is 0 Å². The second-order valence-corrected chi connectivity index (χ2v) is 11.6. The molecule has 4 aromatic heterocycles. The molecule has 0 aliphatic carbocycles. The van der Waals surface area contributed by atoms with Gasteiger partial charge in [0.05, 0.1) is 35.9 Å². The fraction of sp³-hybridized carbons (Fsp3) is 0.212. The predicted molar refractivity (Wildman–Crippen MR) is 198 cm³/mol. The lowest BCUT2D eigenvalue weighted by molar-refractivity contribution is 0.1000. The Morgan fingerprint density at radius 1 is 0.765 bits per heavy atom. The van der Waals surface area contributed by atoms with Gasteiger partial charge >= 0.3 is 0 Å². The van der Waals surface area contributed by atoms with Crippen LogP contribution in [0.1, 0.15) is 47.8 Å². The highest BCUT2D eigenvalue weighted by Crippen LogP contribution is 2.37. The molecular weight excluding hydrogens is 719 g/mol. The number of nitrogen functional groups attached to an aromatic ring is 1. The number of anilines is 3. The average Bonchev–Trinajstić information content (AvgIpc) is 3.70. The number of ketones is 2. The first-order valence-corrected chi connectivity index (χ1v) is 15.7. The first kappa shape index (κ1) is 39.9. The van der Waals surface area contributed by atoms with Gasteiger partial charge in [0.15, 0.2) is 33.3 Å². The zero-order valence-corrected chi connectivity index (χ0v) is 29.9. The van der Waals surface area contributed by atoms with Crippen molar-refractivity contribution in [3.8, 4) is 28.3 Å². The van der Waals surface area contributed by atoms with Crippen LogP contribution in [0.15, 0.2) is 60.9 Å². The molecule has 0 unspecified atom stereocenters. The molecule has 266 valence electrons. The Kier molecular flexibility index (Phi) is 14.0. The molecule has 0 amide bonds. The molecule has 0 radical (unpaired) electrons. The second kappa shape index (κ2) is 17.9. The highest BCUT2D eigenvalue weighted by atomic mass is 35.5. The van der Waals surface area contributed by atoms with E-state index in [0.717, 1.165) is 28.1 Å². The third kappa shape index (κ3) is 10.3. The fourth-order valence-corrected chi connectivity index (χ4v) is 5.00. The minimum Gasteiger partial charge on any atom is -0.494 e. The summed E-state index contributed by atoms with van der Waals surface area (Å²) in [4.78, 5) is 25.5. The molecule has 0 fully saturated rings. The lowest BCUT2D eigenvalue weighted by Crippen LogP contribution is -2.06. The van der Waals surface area contributed by atoms with Gasteiger partial charge in [-0.05, 0) is 36.8 Å².